The van der Waals surface area contributed by atoms with E-state index in [1.165, 1.54) is 11.3 Å². The number of benzene rings is 1. The van der Waals surface area contributed by atoms with Crippen LogP contribution in [0.4, 0.5) is 17.1 Å². The Balaban J connectivity index is 2.10. The molecule has 0 aliphatic heterocycles. The number of fused-ring (bicyclic) bond motifs is 1. The number of pyridine rings is 1. The largest absolute Gasteiger partial charge is 0.462 e. The highest BCUT2D eigenvalue weighted by atomic mass is 32.1. The van der Waals surface area contributed by atoms with Crippen molar-refractivity contribution in [1.82, 2.24) is 4.98 Å². The first-order valence-corrected chi connectivity index (χ1v) is 8.67. The second-order valence-electron chi connectivity index (χ2n) is 5.45. The SMILES string of the molecule is CCOC(=O)c1sc2nc(C)c(/N=N/c3ccccc3)c(C)c2c1N. The number of hydrogen-bond acceptors (Lipinski definition) is 7. The molecule has 0 aliphatic rings. The van der Waals surface area contributed by atoms with Crippen molar-refractivity contribution in [3.63, 3.8) is 0 Å². The molecule has 0 saturated heterocycles. The van der Waals surface area contributed by atoms with Gasteiger partial charge in [-0.05, 0) is 38.5 Å². The maximum absolute atomic E-state index is 12.1. The number of carbonyl (C=O) groups is 1. The average molecular weight is 354 g/mol. The fraction of sp³-hybridized carbons (Fsp3) is 0.222. The minimum Gasteiger partial charge on any atom is -0.462 e. The van der Waals surface area contributed by atoms with Gasteiger partial charge in [0.25, 0.3) is 0 Å². The molecular weight excluding hydrogens is 336 g/mol. The van der Waals surface area contributed by atoms with E-state index in [2.05, 4.69) is 15.2 Å². The lowest BCUT2D eigenvalue weighted by Gasteiger charge is -2.05. The molecule has 2 heterocycles. The molecule has 0 unspecified atom stereocenters. The van der Waals surface area contributed by atoms with Gasteiger partial charge in [0.15, 0.2) is 0 Å². The lowest BCUT2D eigenvalue weighted by Crippen LogP contribution is -2.04. The van der Waals surface area contributed by atoms with Crippen molar-refractivity contribution in [3.05, 3.63) is 46.5 Å². The molecule has 25 heavy (non-hydrogen) atoms. The van der Waals surface area contributed by atoms with Gasteiger partial charge in [-0.25, -0.2) is 9.78 Å². The molecule has 0 fully saturated rings. The number of nitrogens with zero attached hydrogens (tertiary/aromatic N) is 3. The van der Waals surface area contributed by atoms with Crippen LogP contribution < -0.4 is 5.73 Å². The van der Waals surface area contributed by atoms with E-state index in [-0.39, 0.29) is 0 Å². The molecule has 0 aliphatic carbocycles. The van der Waals surface area contributed by atoms with Crippen LogP contribution in [0.15, 0.2) is 40.6 Å². The molecule has 128 valence electrons. The van der Waals surface area contributed by atoms with Crippen LogP contribution in [0.1, 0.15) is 27.9 Å². The Kier molecular flexibility index (Phi) is 4.76. The number of rotatable bonds is 4. The summed E-state index contributed by atoms with van der Waals surface area (Å²) in [6.07, 6.45) is 0. The van der Waals surface area contributed by atoms with Crippen molar-refractivity contribution in [2.75, 3.05) is 12.3 Å². The summed E-state index contributed by atoms with van der Waals surface area (Å²) in [4.78, 5) is 17.7. The summed E-state index contributed by atoms with van der Waals surface area (Å²) in [6, 6.07) is 9.47. The molecule has 2 aromatic heterocycles. The van der Waals surface area contributed by atoms with E-state index in [1.54, 1.807) is 6.92 Å². The van der Waals surface area contributed by atoms with E-state index in [0.29, 0.717) is 27.7 Å². The van der Waals surface area contributed by atoms with Crippen LogP contribution in [0.2, 0.25) is 0 Å². The molecule has 3 rings (SSSR count). The maximum Gasteiger partial charge on any atom is 0.350 e. The monoisotopic (exact) mass is 354 g/mol. The molecule has 0 radical (unpaired) electrons. The molecule has 7 heteroatoms. The quantitative estimate of drug-likeness (QED) is 0.522. The predicted molar refractivity (Wildman–Crippen MR) is 100 cm³/mol. The number of azo groups is 1. The number of nitrogens with two attached hydrogens (primary N) is 1. The van der Waals surface area contributed by atoms with Crippen LogP contribution in [-0.4, -0.2) is 17.6 Å². The Morgan fingerprint density at radius 2 is 1.96 bits per heavy atom. The fourth-order valence-electron chi connectivity index (χ4n) is 2.57. The van der Waals surface area contributed by atoms with Crippen LogP contribution in [0.3, 0.4) is 0 Å². The van der Waals surface area contributed by atoms with Gasteiger partial charge in [-0.3, -0.25) is 0 Å². The Bertz CT molecular complexity index is 964. The highest BCUT2D eigenvalue weighted by molar-refractivity contribution is 7.21. The van der Waals surface area contributed by atoms with E-state index in [4.69, 9.17) is 10.5 Å². The second-order valence-corrected chi connectivity index (χ2v) is 6.45. The lowest BCUT2D eigenvalue weighted by atomic mass is 10.1. The molecule has 0 spiro atoms. The van der Waals surface area contributed by atoms with Crippen molar-refractivity contribution in [2.45, 2.75) is 20.8 Å². The minimum atomic E-state index is -0.424. The minimum absolute atomic E-state index is 0.300. The summed E-state index contributed by atoms with van der Waals surface area (Å²) in [5, 5.41) is 9.35. The van der Waals surface area contributed by atoms with Gasteiger partial charge in [0.05, 0.1) is 23.7 Å². The number of carbonyl (C=O) groups excluding carboxylic acids is 1. The number of ether oxygens (including phenoxy) is 1. The van der Waals surface area contributed by atoms with E-state index in [0.717, 1.165) is 22.3 Å². The van der Waals surface area contributed by atoms with Gasteiger partial charge in [-0.1, -0.05) is 18.2 Å². The summed E-state index contributed by atoms with van der Waals surface area (Å²) >= 11 is 1.24. The molecule has 2 N–H and O–H groups in total. The Morgan fingerprint density at radius 1 is 1.24 bits per heavy atom. The number of esters is 1. The smallest absolute Gasteiger partial charge is 0.350 e. The van der Waals surface area contributed by atoms with Gasteiger partial charge in [-0.2, -0.15) is 5.11 Å². The lowest BCUT2D eigenvalue weighted by molar-refractivity contribution is 0.0533. The zero-order valence-electron chi connectivity index (χ0n) is 14.2. The molecule has 6 nitrogen and oxygen atoms in total. The summed E-state index contributed by atoms with van der Waals surface area (Å²) in [6.45, 7) is 5.84. The Hall–Kier alpha value is -2.80. The fourth-order valence-corrected chi connectivity index (χ4v) is 3.66. The van der Waals surface area contributed by atoms with E-state index < -0.39 is 5.97 Å². The highest BCUT2D eigenvalue weighted by Gasteiger charge is 2.22. The van der Waals surface area contributed by atoms with E-state index in [9.17, 15) is 4.79 Å². The number of hydrogen-bond donors (Lipinski definition) is 1. The van der Waals surface area contributed by atoms with Crippen molar-refractivity contribution in [2.24, 2.45) is 10.2 Å². The standard InChI is InChI=1S/C18H18N4O2S/c1-4-24-18(23)16-14(19)13-10(2)15(11(3)20-17(13)25-16)22-21-12-8-6-5-7-9-12/h5-9H,4,19H2,1-3H3/b22-21+. The second kappa shape index (κ2) is 6.98. The summed E-state index contributed by atoms with van der Waals surface area (Å²) in [7, 11) is 0. The normalized spacial score (nSPS) is 11.3. The van der Waals surface area contributed by atoms with Gasteiger partial charge in [0.2, 0.25) is 0 Å². The van der Waals surface area contributed by atoms with E-state index >= 15 is 0 Å². The van der Waals surface area contributed by atoms with Crippen molar-refractivity contribution in [1.29, 1.82) is 0 Å². The first kappa shape index (κ1) is 17.0. The average Bonchev–Trinajstić information content (AvgIpc) is 2.92. The molecule has 0 amide bonds. The van der Waals surface area contributed by atoms with Crippen molar-refractivity contribution in [3.8, 4) is 0 Å². The van der Waals surface area contributed by atoms with Gasteiger partial charge in [0, 0.05) is 5.39 Å². The van der Waals surface area contributed by atoms with Gasteiger partial charge >= 0.3 is 5.97 Å². The van der Waals surface area contributed by atoms with E-state index in [1.807, 2.05) is 44.2 Å². The first-order chi connectivity index (χ1) is 12.0. The highest BCUT2D eigenvalue weighted by Crippen LogP contribution is 2.40. The molecular formula is C18H18N4O2S. The number of thiophene rings is 1. The maximum atomic E-state index is 12.1. The van der Waals surface area contributed by atoms with Crippen LogP contribution >= 0.6 is 11.3 Å². The van der Waals surface area contributed by atoms with Crippen molar-refractivity contribution >= 4 is 44.6 Å². The van der Waals surface area contributed by atoms with Gasteiger partial charge < -0.3 is 10.5 Å². The number of anilines is 1. The molecule has 0 saturated carbocycles. The van der Waals surface area contributed by atoms with Crippen LogP contribution in [0.5, 0.6) is 0 Å². The molecule has 3 aromatic rings. The Labute approximate surface area is 149 Å². The van der Waals surface area contributed by atoms with Crippen LogP contribution in [0, 0.1) is 13.8 Å². The topological polar surface area (TPSA) is 89.9 Å². The summed E-state index contributed by atoms with van der Waals surface area (Å²) in [5.41, 5.74) is 9.59. The number of aryl methyl sites for hydroxylation is 2. The zero-order valence-corrected chi connectivity index (χ0v) is 15.1. The predicted octanol–water partition coefficient (Wildman–Crippen LogP) is 5.09. The number of nitrogen functional groups attached to an aromatic ring is 1. The third kappa shape index (κ3) is 3.23. The molecule has 0 bridgehead atoms. The van der Waals surface area contributed by atoms with Crippen molar-refractivity contribution < 1.29 is 9.53 Å². The van der Waals surface area contributed by atoms with Gasteiger partial charge in [-0.15, -0.1) is 16.5 Å². The molecule has 0 atom stereocenters. The number of aromatic nitrogens is 1. The Morgan fingerprint density at radius 3 is 2.64 bits per heavy atom. The molecule has 1 aromatic carbocycles. The van der Waals surface area contributed by atoms with Gasteiger partial charge in [0.1, 0.15) is 15.4 Å². The van der Waals surface area contributed by atoms with Crippen LogP contribution in [0.25, 0.3) is 10.2 Å². The summed E-state index contributed by atoms with van der Waals surface area (Å²) in [5.74, 6) is -0.424. The summed E-state index contributed by atoms with van der Waals surface area (Å²) < 4.78 is 5.07. The third-order valence-electron chi connectivity index (χ3n) is 3.75. The van der Waals surface area contributed by atoms with Crippen LogP contribution in [-0.2, 0) is 4.74 Å². The third-order valence-corrected chi connectivity index (χ3v) is 4.83. The zero-order chi connectivity index (χ0) is 18.0. The first-order valence-electron chi connectivity index (χ1n) is 7.86.